The first kappa shape index (κ1) is 10.4. The number of hydrogen-bond donors (Lipinski definition) is 1. The van der Waals surface area contributed by atoms with E-state index < -0.39 is 0 Å². The summed E-state index contributed by atoms with van der Waals surface area (Å²) in [4.78, 5) is 2.72. The minimum Gasteiger partial charge on any atom is -0.311 e. The molecule has 1 saturated heterocycles. The van der Waals surface area contributed by atoms with Crippen molar-refractivity contribution in [1.82, 2.24) is 10.2 Å². The summed E-state index contributed by atoms with van der Waals surface area (Å²) in [5.41, 5.74) is 0. The third kappa shape index (κ3) is 2.12. The molecule has 0 amide bonds. The van der Waals surface area contributed by atoms with Gasteiger partial charge in [0, 0.05) is 31.2 Å². The second kappa shape index (κ2) is 4.19. The van der Waals surface area contributed by atoms with Crippen molar-refractivity contribution in [3.8, 4) is 0 Å². The van der Waals surface area contributed by atoms with Gasteiger partial charge in [0.05, 0.1) is 0 Å². The van der Waals surface area contributed by atoms with Gasteiger partial charge in [-0.1, -0.05) is 6.92 Å². The highest BCUT2D eigenvalue weighted by Crippen LogP contribution is 2.36. The lowest BCUT2D eigenvalue weighted by molar-refractivity contribution is 0.0870. The average molecular weight is 196 g/mol. The van der Waals surface area contributed by atoms with Crippen LogP contribution in [0.3, 0.4) is 0 Å². The van der Waals surface area contributed by atoms with E-state index in [1.807, 2.05) is 0 Å². The van der Waals surface area contributed by atoms with E-state index in [-0.39, 0.29) is 0 Å². The minimum absolute atomic E-state index is 0.729. The summed E-state index contributed by atoms with van der Waals surface area (Å²) in [5, 5.41) is 3.62. The molecule has 1 N–H and O–H groups in total. The zero-order valence-corrected chi connectivity index (χ0v) is 9.79. The van der Waals surface area contributed by atoms with Crippen LogP contribution in [0.15, 0.2) is 0 Å². The number of nitrogens with one attached hydrogen (secondary N) is 1. The molecule has 0 aromatic heterocycles. The van der Waals surface area contributed by atoms with Gasteiger partial charge < -0.3 is 5.32 Å². The van der Waals surface area contributed by atoms with E-state index in [4.69, 9.17) is 0 Å². The van der Waals surface area contributed by atoms with Gasteiger partial charge in [0.1, 0.15) is 0 Å². The Balaban J connectivity index is 1.92. The summed E-state index contributed by atoms with van der Waals surface area (Å²) in [5.74, 6) is 1.01. The van der Waals surface area contributed by atoms with Crippen molar-refractivity contribution < 1.29 is 0 Å². The number of piperazine rings is 1. The van der Waals surface area contributed by atoms with E-state index in [1.54, 1.807) is 0 Å². The summed E-state index contributed by atoms with van der Waals surface area (Å²) in [7, 11) is 0. The molecule has 2 fully saturated rings. The van der Waals surface area contributed by atoms with Gasteiger partial charge in [0.15, 0.2) is 0 Å². The third-order valence-corrected chi connectivity index (χ3v) is 4.02. The summed E-state index contributed by atoms with van der Waals surface area (Å²) in [6, 6.07) is 2.28. The molecule has 1 saturated carbocycles. The van der Waals surface area contributed by atoms with Crippen LogP contribution in [0, 0.1) is 5.92 Å². The molecule has 1 aliphatic carbocycles. The van der Waals surface area contributed by atoms with E-state index in [1.165, 1.54) is 32.4 Å². The molecular formula is C12H24N2. The molecule has 2 aliphatic rings. The lowest BCUT2D eigenvalue weighted by Crippen LogP contribution is -2.58. The Hall–Kier alpha value is -0.0800. The fraction of sp³-hybridized carbons (Fsp3) is 1.00. The highest BCUT2D eigenvalue weighted by atomic mass is 15.3. The van der Waals surface area contributed by atoms with Crippen LogP contribution in [0.4, 0.5) is 0 Å². The van der Waals surface area contributed by atoms with Crippen LogP contribution in [0.5, 0.6) is 0 Å². The van der Waals surface area contributed by atoms with Crippen LogP contribution in [0.25, 0.3) is 0 Å². The lowest BCUT2D eigenvalue weighted by atomic mass is 10.0. The highest BCUT2D eigenvalue weighted by molar-refractivity contribution is 4.92. The van der Waals surface area contributed by atoms with Crippen molar-refractivity contribution in [2.45, 2.75) is 58.2 Å². The number of hydrogen-bond acceptors (Lipinski definition) is 2. The van der Waals surface area contributed by atoms with E-state index in [0.717, 1.165) is 24.0 Å². The normalized spacial score (nSPS) is 37.1. The lowest BCUT2D eigenvalue weighted by Gasteiger charge is -2.42. The smallest absolute Gasteiger partial charge is 0.0196 e. The maximum Gasteiger partial charge on any atom is 0.0196 e. The van der Waals surface area contributed by atoms with E-state index in [9.17, 15) is 0 Å². The van der Waals surface area contributed by atoms with Crippen LogP contribution in [0.1, 0.15) is 40.0 Å². The largest absolute Gasteiger partial charge is 0.311 e. The molecule has 82 valence electrons. The summed E-state index contributed by atoms with van der Waals surface area (Å²) >= 11 is 0. The molecular weight excluding hydrogens is 172 g/mol. The minimum atomic E-state index is 0.729. The fourth-order valence-electron chi connectivity index (χ4n) is 2.64. The molecule has 2 rings (SSSR count). The molecule has 0 radical (unpaired) electrons. The summed E-state index contributed by atoms with van der Waals surface area (Å²) < 4.78 is 0. The maximum absolute atomic E-state index is 3.62. The average Bonchev–Trinajstić information content (AvgIpc) is 3.01. The molecule has 14 heavy (non-hydrogen) atoms. The third-order valence-electron chi connectivity index (χ3n) is 4.02. The molecule has 1 aliphatic heterocycles. The summed E-state index contributed by atoms with van der Waals surface area (Å²) in [6.45, 7) is 9.50. The fourth-order valence-corrected chi connectivity index (χ4v) is 2.64. The molecule has 2 heteroatoms. The van der Waals surface area contributed by atoms with Gasteiger partial charge in [-0.15, -0.1) is 0 Å². The summed E-state index contributed by atoms with van der Waals surface area (Å²) in [6.07, 6.45) is 4.20. The van der Waals surface area contributed by atoms with Gasteiger partial charge >= 0.3 is 0 Å². The molecule has 3 unspecified atom stereocenters. The van der Waals surface area contributed by atoms with Gasteiger partial charge in [-0.25, -0.2) is 0 Å². The van der Waals surface area contributed by atoms with E-state index in [2.05, 4.69) is 31.0 Å². The Morgan fingerprint density at radius 2 is 2.14 bits per heavy atom. The Kier molecular flexibility index (Phi) is 3.13. The van der Waals surface area contributed by atoms with Crippen molar-refractivity contribution in [3.05, 3.63) is 0 Å². The van der Waals surface area contributed by atoms with Gasteiger partial charge in [0.25, 0.3) is 0 Å². The molecule has 3 atom stereocenters. The number of rotatable bonds is 3. The quantitative estimate of drug-likeness (QED) is 0.741. The second-order valence-electron chi connectivity index (χ2n) is 5.14. The first-order valence-electron chi connectivity index (χ1n) is 6.21. The van der Waals surface area contributed by atoms with Crippen molar-refractivity contribution in [3.63, 3.8) is 0 Å². The Bertz CT molecular complexity index is 189. The van der Waals surface area contributed by atoms with Crippen molar-refractivity contribution in [2.75, 3.05) is 13.1 Å². The molecule has 0 aromatic rings. The second-order valence-corrected chi connectivity index (χ2v) is 5.14. The standard InChI is InChI=1S/C12H24N2/c1-4-12-8-14(9(2)7-13-12)10(3)11-5-6-11/h9-13H,4-8H2,1-3H3. The van der Waals surface area contributed by atoms with E-state index in [0.29, 0.717) is 0 Å². The van der Waals surface area contributed by atoms with E-state index >= 15 is 0 Å². The van der Waals surface area contributed by atoms with Crippen molar-refractivity contribution >= 4 is 0 Å². The SMILES string of the molecule is CCC1CN(C(C)C2CC2)C(C)CN1. The first-order chi connectivity index (χ1) is 6.72. The molecule has 0 bridgehead atoms. The van der Waals surface area contributed by atoms with Gasteiger partial charge in [0.2, 0.25) is 0 Å². The predicted octanol–water partition coefficient (Wildman–Crippen LogP) is 1.86. The zero-order valence-electron chi connectivity index (χ0n) is 9.79. The van der Waals surface area contributed by atoms with Gasteiger partial charge in [-0.05, 0) is 39.0 Å². The van der Waals surface area contributed by atoms with Crippen LogP contribution in [0.2, 0.25) is 0 Å². The molecule has 1 heterocycles. The topological polar surface area (TPSA) is 15.3 Å². The monoisotopic (exact) mass is 196 g/mol. The van der Waals surface area contributed by atoms with Crippen molar-refractivity contribution in [1.29, 1.82) is 0 Å². The van der Waals surface area contributed by atoms with Gasteiger partial charge in [-0.3, -0.25) is 4.90 Å². The predicted molar refractivity (Wildman–Crippen MR) is 60.4 cm³/mol. The maximum atomic E-state index is 3.62. The van der Waals surface area contributed by atoms with Crippen LogP contribution < -0.4 is 5.32 Å². The number of nitrogens with zero attached hydrogens (tertiary/aromatic N) is 1. The zero-order chi connectivity index (χ0) is 10.1. The van der Waals surface area contributed by atoms with Crippen LogP contribution in [-0.2, 0) is 0 Å². The molecule has 0 aromatic carbocycles. The van der Waals surface area contributed by atoms with Crippen LogP contribution >= 0.6 is 0 Å². The molecule has 0 spiro atoms. The Morgan fingerprint density at radius 1 is 1.43 bits per heavy atom. The van der Waals surface area contributed by atoms with Crippen molar-refractivity contribution in [2.24, 2.45) is 5.92 Å². The first-order valence-corrected chi connectivity index (χ1v) is 6.21. The Labute approximate surface area is 88.1 Å². The van der Waals surface area contributed by atoms with Crippen LogP contribution in [-0.4, -0.2) is 36.1 Å². The van der Waals surface area contributed by atoms with Gasteiger partial charge in [-0.2, -0.15) is 0 Å². The molecule has 2 nitrogen and oxygen atoms in total. The Morgan fingerprint density at radius 3 is 2.71 bits per heavy atom. The highest BCUT2D eigenvalue weighted by Gasteiger charge is 2.36.